The third-order valence-corrected chi connectivity index (χ3v) is 4.08. The van der Waals surface area contributed by atoms with Crippen LogP contribution in [0.3, 0.4) is 0 Å². The van der Waals surface area contributed by atoms with Crippen molar-refractivity contribution in [1.82, 2.24) is 0 Å². The molecule has 0 radical (unpaired) electrons. The standard InChI is InChI=1S/C13H17BrO/c14-12-4-1-3-11(9-12)5-8-13(10-15)6-2-7-13/h1,3-4,9,15H,2,5-8,10H2. The fourth-order valence-electron chi connectivity index (χ4n) is 2.27. The lowest BCUT2D eigenvalue weighted by molar-refractivity contribution is 0.0365. The second-order valence-corrected chi connectivity index (χ2v) is 5.56. The minimum atomic E-state index is 0.252. The topological polar surface area (TPSA) is 20.2 Å². The van der Waals surface area contributed by atoms with Gasteiger partial charge in [-0.2, -0.15) is 0 Å². The molecule has 1 aliphatic rings. The van der Waals surface area contributed by atoms with Crippen molar-refractivity contribution in [2.75, 3.05) is 6.61 Å². The van der Waals surface area contributed by atoms with Gasteiger partial charge in [-0.15, -0.1) is 0 Å². The summed E-state index contributed by atoms with van der Waals surface area (Å²) in [6.07, 6.45) is 5.91. The molecule has 82 valence electrons. The quantitative estimate of drug-likeness (QED) is 0.886. The normalized spacial score (nSPS) is 18.5. The summed E-state index contributed by atoms with van der Waals surface area (Å²) in [5.41, 5.74) is 1.62. The molecule has 15 heavy (non-hydrogen) atoms. The minimum Gasteiger partial charge on any atom is -0.396 e. The molecule has 0 bridgehead atoms. The van der Waals surface area contributed by atoms with E-state index in [4.69, 9.17) is 0 Å². The Bertz CT molecular complexity index is 326. The van der Waals surface area contributed by atoms with Crippen LogP contribution < -0.4 is 0 Å². The molecule has 0 unspecified atom stereocenters. The minimum absolute atomic E-state index is 0.252. The highest BCUT2D eigenvalue weighted by atomic mass is 79.9. The Morgan fingerprint density at radius 3 is 2.67 bits per heavy atom. The van der Waals surface area contributed by atoms with E-state index in [0.29, 0.717) is 6.61 Å². The monoisotopic (exact) mass is 268 g/mol. The highest BCUT2D eigenvalue weighted by molar-refractivity contribution is 9.10. The SMILES string of the molecule is OCC1(CCc2cccc(Br)c2)CCC1. The maximum Gasteiger partial charge on any atom is 0.0487 e. The number of benzene rings is 1. The summed E-state index contributed by atoms with van der Waals surface area (Å²) in [6, 6.07) is 8.46. The van der Waals surface area contributed by atoms with Crippen LogP contribution in [0.1, 0.15) is 31.2 Å². The van der Waals surface area contributed by atoms with E-state index in [1.165, 1.54) is 24.8 Å². The molecular formula is C13H17BrO. The van der Waals surface area contributed by atoms with Crippen LogP contribution in [0.2, 0.25) is 0 Å². The number of aliphatic hydroxyl groups excluding tert-OH is 1. The number of hydrogen-bond donors (Lipinski definition) is 1. The maximum atomic E-state index is 9.36. The average molecular weight is 269 g/mol. The second-order valence-electron chi connectivity index (χ2n) is 4.64. The third-order valence-electron chi connectivity index (χ3n) is 3.58. The van der Waals surface area contributed by atoms with Gasteiger partial charge >= 0.3 is 0 Å². The zero-order chi connectivity index (χ0) is 10.7. The van der Waals surface area contributed by atoms with Gasteiger partial charge in [-0.05, 0) is 48.8 Å². The van der Waals surface area contributed by atoms with E-state index in [2.05, 4.69) is 40.2 Å². The molecular weight excluding hydrogens is 252 g/mol. The van der Waals surface area contributed by atoms with Crippen molar-refractivity contribution >= 4 is 15.9 Å². The fraction of sp³-hybridized carbons (Fsp3) is 0.538. The largest absolute Gasteiger partial charge is 0.396 e. The molecule has 0 aromatic heterocycles. The fourth-order valence-corrected chi connectivity index (χ4v) is 2.71. The van der Waals surface area contributed by atoms with Crippen LogP contribution in [0.5, 0.6) is 0 Å². The molecule has 1 fully saturated rings. The Morgan fingerprint density at radius 2 is 2.13 bits per heavy atom. The number of aryl methyl sites for hydroxylation is 1. The van der Waals surface area contributed by atoms with Crippen molar-refractivity contribution in [1.29, 1.82) is 0 Å². The van der Waals surface area contributed by atoms with Crippen molar-refractivity contribution in [3.05, 3.63) is 34.3 Å². The van der Waals surface area contributed by atoms with Crippen molar-refractivity contribution in [2.24, 2.45) is 5.41 Å². The van der Waals surface area contributed by atoms with Crippen molar-refractivity contribution < 1.29 is 5.11 Å². The first-order chi connectivity index (χ1) is 7.24. The summed E-state index contributed by atoms with van der Waals surface area (Å²) < 4.78 is 1.15. The van der Waals surface area contributed by atoms with E-state index in [1.807, 2.05) is 0 Å². The number of aliphatic hydroxyl groups is 1. The molecule has 0 heterocycles. The van der Waals surface area contributed by atoms with E-state index in [9.17, 15) is 5.11 Å². The lowest BCUT2D eigenvalue weighted by atomic mass is 9.66. The molecule has 0 atom stereocenters. The predicted molar refractivity (Wildman–Crippen MR) is 65.8 cm³/mol. The summed E-state index contributed by atoms with van der Waals surface area (Å²) in [7, 11) is 0. The van der Waals surface area contributed by atoms with E-state index < -0.39 is 0 Å². The van der Waals surface area contributed by atoms with Gasteiger partial charge in [0.25, 0.3) is 0 Å². The molecule has 2 heteroatoms. The first-order valence-corrected chi connectivity index (χ1v) is 6.39. The van der Waals surface area contributed by atoms with Crippen LogP contribution in [-0.4, -0.2) is 11.7 Å². The van der Waals surface area contributed by atoms with Crippen molar-refractivity contribution in [3.63, 3.8) is 0 Å². The molecule has 1 nitrogen and oxygen atoms in total. The Balaban J connectivity index is 1.92. The highest BCUT2D eigenvalue weighted by Crippen LogP contribution is 2.44. The third kappa shape index (κ3) is 2.61. The van der Waals surface area contributed by atoms with Gasteiger partial charge in [0.1, 0.15) is 0 Å². The van der Waals surface area contributed by atoms with Gasteiger partial charge in [-0.3, -0.25) is 0 Å². The van der Waals surface area contributed by atoms with Crippen LogP contribution >= 0.6 is 15.9 Å². The van der Waals surface area contributed by atoms with Crippen molar-refractivity contribution in [2.45, 2.75) is 32.1 Å². The van der Waals surface area contributed by atoms with Crippen LogP contribution in [0.25, 0.3) is 0 Å². The summed E-state index contributed by atoms with van der Waals surface area (Å²) in [4.78, 5) is 0. The van der Waals surface area contributed by atoms with Gasteiger partial charge in [-0.1, -0.05) is 34.5 Å². The molecule has 1 N–H and O–H groups in total. The zero-order valence-corrected chi connectivity index (χ0v) is 10.5. The molecule has 1 aliphatic carbocycles. The molecule has 2 rings (SSSR count). The maximum absolute atomic E-state index is 9.36. The van der Waals surface area contributed by atoms with E-state index in [1.54, 1.807) is 0 Å². The first-order valence-electron chi connectivity index (χ1n) is 5.59. The molecule has 1 aromatic carbocycles. The number of halogens is 1. The molecule has 0 amide bonds. The highest BCUT2D eigenvalue weighted by Gasteiger charge is 2.35. The molecule has 1 aromatic rings. The van der Waals surface area contributed by atoms with E-state index >= 15 is 0 Å². The predicted octanol–water partition coefficient (Wildman–Crippen LogP) is 3.54. The average Bonchev–Trinajstić information content (AvgIpc) is 2.17. The summed E-state index contributed by atoms with van der Waals surface area (Å²) in [5, 5.41) is 9.36. The van der Waals surface area contributed by atoms with Gasteiger partial charge in [0.2, 0.25) is 0 Å². The molecule has 1 saturated carbocycles. The number of hydrogen-bond acceptors (Lipinski definition) is 1. The van der Waals surface area contributed by atoms with E-state index in [-0.39, 0.29) is 5.41 Å². The summed E-state index contributed by atoms with van der Waals surface area (Å²) in [5.74, 6) is 0. The van der Waals surface area contributed by atoms with Gasteiger partial charge in [-0.25, -0.2) is 0 Å². The Morgan fingerprint density at radius 1 is 1.33 bits per heavy atom. The lowest BCUT2D eigenvalue weighted by Crippen LogP contribution is -2.33. The molecule has 0 aliphatic heterocycles. The van der Waals surface area contributed by atoms with Gasteiger partial charge in [0.15, 0.2) is 0 Å². The Labute approximate surface area is 99.6 Å². The van der Waals surface area contributed by atoms with Crippen LogP contribution in [0.15, 0.2) is 28.7 Å². The summed E-state index contributed by atoms with van der Waals surface area (Å²) >= 11 is 3.48. The van der Waals surface area contributed by atoms with Gasteiger partial charge in [0, 0.05) is 11.1 Å². The molecule has 0 saturated heterocycles. The van der Waals surface area contributed by atoms with Crippen LogP contribution in [-0.2, 0) is 6.42 Å². The Kier molecular flexibility index (Phi) is 3.47. The van der Waals surface area contributed by atoms with Gasteiger partial charge in [0.05, 0.1) is 0 Å². The zero-order valence-electron chi connectivity index (χ0n) is 8.88. The molecule has 0 spiro atoms. The van der Waals surface area contributed by atoms with Crippen LogP contribution in [0, 0.1) is 5.41 Å². The van der Waals surface area contributed by atoms with Crippen LogP contribution in [0.4, 0.5) is 0 Å². The summed E-state index contributed by atoms with van der Waals surface area (Å²) in [6.45, 7) is 0.362. The lowest BCUT2D eigenvalue weighted by Gasteiger charge is -2.40. The number of rotatable bonds is 4. The Hall–Kier alpha value is -0.340. The van der Waals surface area contributed by atoms with Crippen molar-refractivity contribution in [3.8, 4) is 0 Å². The second kappa shape index (κ2) is 4.67. The van der Waals surface area contributed by atoms with E-state index in [0.717, 1.165) is 17.3 Å². The first kappa shape index (κ1) is 11.2. The van der Waals surface area contributed by atoms with Gasteiger partial charge < -0.3 is 5.11 Å². The smallest absolute Gasteiger partial charge is 0.0487 e.